The zero-order valence-corrected chi connectivity index (χ0v) is 12.3. The van der Waals surface area contributed by atoms with Crippen LogP contribution in [0.25, 0.3) is 0 Å². The summed E-state index contributed by atoms with van der Waals surface area (Å²) in [6.45, 7) is 1.67. The molecule has 1 aliphatic carbocycles. The van der Waals surface area contributed by atoms with Crippen LogP contribution in [-0.4, -0.2) is 5.91 Å². The lowest BCUT2D eigenvalue weighted by Crippen LogP contribution is -2.46. The molecule has 22 heavy (non-hydrogen) atoms. The predicted octanol–water partition coefficient (Wildman–Crippen LogP) is 4.33. The standard InChI is InChI=1S/C18H17F2NO/c1-12-6-7-15(11-16(12)20)21-17(22)18(8-3-9-18)13-4-2-5-14(19)10-13/h2,4-7,10-11H,3,8-9H2,1H3,(H,21,22). The fourth-order valence-corrected chi connectivity index (χ4v) is 2.88. The van der Waals surface area contributed by atoms with E-state index < -0.39 is 5.41 Å². The molecule has 2 aromatic rings. The molecule has 0 atom stereocenters. The quantitative estimate of drug-likeness (QED) is 0.898. The highest BCUT2D eigenvalue weighted by Crippen LogP contribution is 2.44. The molecule has 4 heteroatoms. The largest absolute Gasteiger partial charge is 0.325 e. The number of carbonyl (C=O) groups excluding carboxylic acids is 1. The fourth-order valence-electron chi connectivity index (χ4n) is 2.88. The van der Waals surface area contributed by atoms with Gasteiger partial charge in [-0.05, 0) is 55.2 Å². The molecule has 1 fully saturated rings. The van der Waals surface area contributed by atoms with E-state index in [1.54, 1.807) is 31.2 Å². The number of hydrogen-bond acceptors (Lipinski definition) is 1. The Morgan fingerprint density at radius 1 is 1.14 bits per heavy atom. The first-order valence-electron chi connectivity index (χ1n) is 7.35. The first kappa shape index (κ1) is 14.7. The van der Waals surface area contributed by atoms with Crippen molar-refractivity contribution in [1.29, 1.82) is 0 Å². The topological polar surface area (TPSA) is 29.1 Å². The Balaban J connectivity index is 1.87. The molecule has 1 aliphatic rings. The van der Waals surface area contributed by atoms with Gasteiger partial charge in [0.05, 0.1) is 5.41 Å². The number of amides is 1. The molecule has 0 bridgehead atoms. The number of carbonyl (C=O) groups is 1. The molecule has 114 valence electrons. The van der Waals surface area contributed by atoms with Crippen LogP contribution in [0.4, 0.5) is 14.5 Å². The maximum absolute atomic E-state index is 13.6. The highest BCUT2D eigenvalue weighted by atomic mass is 19.1. The molecule has 2 nitrogen and oxygen atoms in total. The van der Waals surface area contributed by atoms with Crippen molar-refractivity contribution in [3.63, 3.8) is 0 Å². The molecule has 0 unspecified atom stereocenters. The summed E-state index contributed by atoms with van der Waals surface area (Å²) in [6, 6.07) is 10.8. The minimum Gasteiger partial charge on any atom is -0.325 e. The van der Waals surface area contributed by atoms with Gasteiger partial charge in [-0.25, -0.2) is 8.78 Å². The smallest absolute Gasteiger partial charge is 0.235 e. The second-order valence-corrected chi connectivity index (χ2v) is 5.86. The number of rotatable bonds is 3. The Kier molecular flexibility index (Phi) is 3.69. The number of halogens is 2. The number of aryl methyl sites for hydroxylation is 1. The van der Waals surface area contributed by atoms with Crippen LogP contribution >= 0.6 is 0 Å². The Labute approximate surface area is 128 Å². The van der Waals surface area contributed by atoms with Gasteiger partial charge in [0.25, 0.3) is 0 Å². The maximum atomic E-state index is 13.6. The monoisotopic (exact) mass is 301 g/mol. The Hall–Kier alpha value is -2.23. The Bertz CT molecular complexity index is 723. The Morgan fingerprint density at radius 3 is 2.50 bits per heavy atom. The van der Waals surface area contributed by atoms with Crippen LogP contribution in [0, 0.1) is 18.6 Å². The van der Waals surface area contributed by atoms with Crippen molar-refractivity contribution in [2.24, 2.45) is 0 Å². The molecule has 0 aliphatic heterocycles. The van der Waals surface area contributed by atoms with Crippen LogP contribution in [0.15, 0.2) is 42.5 Å². The molecule has 1 saturated carbocycles. The van der Waals surface area contributed by atoms with E-state index in [1.807, 2.05) is 0 Å². The second-order valence-electron chi connectivity index (χ2n) is 5.86. The summed E-state index contributed by atoms with van der Waals surface area (Å²) in [4.78, 5) is 12.7. The zero-order chi connectivity index (χ0) is 15.7. The van der Waals surface area contributed by atoms with E-state index in [0.717, 1.165) is 6.42 Å². The molecule has 3 rings (SSSR count). The molecule has 0 spiro atoms. The summed E-state index contributed by atoms with van der Waals surface area (Å²) in [5, 5.41) is 2.77. The molecule has 0 saturated heterocycles. The third kappa shape index (κ3) is 2.49. The second kappa shape index (κ2) is 5.52. The van der Waals surface area contributed by atoms with Crippen molar-refractivity contribution in [2.75, 3.05) is 5.32 Å². The van der Waals surface area contributed by atoms with Gasteiger partial charge >= 0.3 is 0 Å². The summed E-state index contributed by atoms with van der Waals surface area (Å²) >= 11 is 0. The van der Waals surface area contributed by atoms with Gasteiger partial charge in [-0.2, -0.15) is 0 Å². The van der Waals surface area contributed by atoms with Crippen molar-refractivity contribution in [1.82, 2.24) is 0 Å². The van der Waals surface area contributed by atoms with Gasteiger partial charge in [0.1, 0.15) is 11.6 Å². The third-order valence-electron chi connectivity index (χ3n) is 4.45. The highest BCUT2D eigenvalue weighted by Gasteiger charge is 2.45. The summed E-state index contributed by atoms with van der Waals surface area (Å²) in [5.74, 6) is -0.906. The van der Waals surface area contributed by atoms with Gasteiger partial charge in [0, 0.05) is 5.69 Å². The summed E-state index contributed by atoms with van der Waals surface area (Å²) in [6.07, 6.45) is 2.28. The van der Waals surface area contributed by atoms with Crippen LogP contribution in [0.3, 0.4) is 0 Å². The average molecular weight is 301 g/mol. The van der Waals surface area contributed by atoms with E-state index in [0.29, 0.717) is 29.7 Å². The lowest BCUT2D eigenvalue weighted by Gasteiger charge is -2.40. The van der Waals surface area contributed by atoms with Crippen LogP contribution in [0.5, 0.6) is 0 Å². The van der Waals surface area contributed by atoms with E-state index in [2.05, 4.69) is 5.32 Å². The molecule has 0 radical (unpaired) electrons. The summed E-state index contributed by atoms with van der Waals surface area (Å²) < 4.78 is 27.1. The van der Waals surface area contributed by atoms with Crippen LogP contribution in [0.2, 0.25) is 0 Å². The lowest BCUT2D eigenvalue weighted by molar-refractivity contribution is -0.124. The number of hydrogen-bond donors (Lipinski definition) is 1. The van der Waals surface area contributed by atoms with Crippen molar-refractivity contribution in [2.45, 2.75) is 31.6 Å². The SMILES string of the molecule is Cc1ccc(NC(=O)C2(c3cccc(F)c3)CCC2)cc1F. The van der Waals surface area contributed by atoms with E-state index in [-0.39, 0.29) is 17.5 Å². The molecular weight excluding hydrogens is 284 g/mol. The van der Waals surface area contributed by atoms with Gasteiger partial charge in [-0.15, -0.1) is 0 Å². The minimum atomic E-state index is -0.705. The fraction of sp³-hybridized carbons (Fsp3) is 0.278. The number of benzene rings is 2. The van der Waals surface area contributed by atoms with Crippen LogP contribution in [0.1, 0.15) is 30.4 Å². The number of anilines is 1. The van der Waals surface area contributed by atoms with Gasteiger partial charge < -0.3 is 5.32 Å². The molecule has 1 amide bonds. The third-order valence-corrected chi connectivity index (χ3v) is 4.45. The van der Waals surface area contributed by atoms with Gasteiger partial charge in [-0.3, -0.25) is 4.79 Å². The van der Waals surface area contributed by atoms with Gasteiger partial charge in [0.2, 0.25) is 5.91 Å². The van der Waals surface area contributed by atoms with Crippen molar-refractivity contribution >= 4 is 11.6 Å². The molecule has 1 N–H and O–H groups in total. The lowest BCUT2D eigenvalue weighted by atomic mass is 9.63. The summed E-state index contributed by atoms with van der Waals surface area (Å²) in [5.41, 5.74) is 0.935. The molecule has 0 aromatic heterocycles. The minimum absolute atomic E-state index is 0.201. The van der Waals surface area contributed by atoms with Crippen LogP contribution < -0.4 is 5.32 Å². The predicted molar refractivity (Wildman–Crippen MR) is 81.7 cm³/mol. The van der Waals surface area contributed by atoms with Crippen molar-refractivity contribution in [3.8, 4) is 0 Å². The Morgan fingerprint density at radius 2 is 1.91 bits per heavy atom. The van der Waals surface area contributed by atoms with E-state index in [9.17, 15) is 13.6 Å². The van der Waals surface area contributed by atoms with Gasteiger partial charge in [0.15, 0.2) is 0 Å². The van der Waals surface area contributed by atoms with E-state index in [4.69, 9.17) is 0 Å². The average Bonchev–Trinajstić information content (AvgIpc) is 2.42. The maximum Gasteiger partial charge on any atom is 0.235 e. The van der Waals surface area contributed by atoms with Crippen molar-refractivity contribution in [3.05, 3.63) is 65.2 Å². The zero-order valence-electron chi connectivity index (χ0n) is 12.3. The van der Waals surface area contributed by atoms with Gasteiger partial charge in [-0.1, -0.05) is 24.6 Å². The summed E-state index contributed by atoms with van der Waals surface area (Å²) in [7, 11) is 0. The molecule has 0 heterocycles. The first-order valence-corrected chi connectivity index (χ1v) is 7.35. The highest BCUT2D eigenvalue weighted by molar-refractivity contribution is 5.99. The van der Waals surface area contributed by atoms with Crippen molar-refractivity contribution < 1.29 is 13.6 Å². The first-order chi connectivity index (χ1) is 10.5. The van der Waals surface area contributed by atoms with E-state index in [1.165, 1.54) is 18.2 Å². The molecule has 2 aromatic carbocycles. The number of nitrogens with one attached hydrogen (secondary N) is 1. The van der Waals surface area contributed by atoms with E-state index >= 15 is 0 Å². The normalized spacial score (nSPS) is 16.0. The molecular formula is C18H17F2NO. The van der Waals surface area contributed by atoms with Crippen LogP contribution in [-0.2, 0) is 10.2 Å².